The van der Waals surface area contributed by atoms with Crippen molar-refractivity contribution in [3.63, 3.8) is 0 Å². The summed E-state index contributed by atoms with van der Waals surface area (Å²) >= 11 is 0. The molecule has 1 aliphatic heterocycles. The predicted octanol–water partition coefficient (Wildman–Crippen LogP) is 3.11. The van der Waals surface area contributed by atoms with Crippen molar-refractivity contribution in [2.75, 3.05) is 13.1 Å². The maximum Gasteiger partial charge on any atom is 0.407 e. The molecule has 0 spiro atoms. The number of benzene rings is 1. The number of carbonyl (C=O) groups is 1. The normalized spacial score (nSPS) is 15.5. The Kier molecular flexibility index (Phi) is 5.85. The van der Waals surface area contributed by atoms with Crippen molar-refractivity contribution in [3.8, 4) is 11.8 Å². The Bertz CT molecular complexity index is 797. The Morgan fingerprint density at radius 1 is 1.11 bits per heavy atom. The smallest absolute Gasteiger partial charge is 0.407 e. The lowest BCUT2D eigenvalue weighted by molar-refractivity contribution is 0.0863. The van der Waals surface area contributed by atoms with E-state index in [1.54, 1.807) is 12.1 Å². The van der Waals surface area contributed by atoms with Gasteiger partial charge in [-0.05, 0) is 19.4 Å². The Morgan fingerprint density at radius 2 is 1.74 bits per heavy atom. The van der Waals surface area contributed by atoms with Crippen LogP contribution in [0.1, 0.15) is 30.9 Å². The van der Waals surface area contributed by atoms with E-state index in [4.69, 9.17) is 14.7 Å². The number of rotatable bonds is 5. The molecule has 142 valence electrons. The van der Waals surface area contributed by atoms with Crippen molar-refractivity contribution < 1.29 is 19.5 Å². The maximum absolute atomic E-state index is 10.9. The zero-order chi connectivity index (χ0) is 19.2. The van der Waals surface area contributed by atoms with Gasteiger partial charge in [0.2, 0.25) is 5.88 Å². The first kappa shape index (κ1) is 18.6. The number of piperidine rings is 1. The fourth-order valence-electron chi connectivity index (χ4n) is 2.72. The molecule has 0 radical (unpaired) electrons. The highest BCUT2D eigenvalue weighted by Crippen LogP contribution is 2.18. The molecule has 3 rings (SSSR count). The molecule has 8 heteroatoms. The van der Waals surface area contributed by atoms with Crippen LogP contribution in [0, 0.1) is 6.92 Å². The second kappa shape index (κ2) is 8.48. The molecule has 0 atom stereocenters. The van der Waals surface area contributed by atoms with Crippen LogP contribution in [-0.2, 0) is 0 Å². The highest BCUT2D eigenvalue weighted by Gasteiger charge is 2.23. The van der Waals surface area contributed by atoms with E-state index in [9.17, 15) is 4.79 Å². The van der Waals surface area contributed by atoms with E-state index >= 15 is 0 Å². The highest BCUT2D eigenvalue weighted by atomic mass is 16.6. The van der Waals surface area contributed by atoms with E-state index in [2.05, 4.69) is 15.4 Å². The first-order chi connectivity index (χ1) is 13.0. The van der Waals surface area contributed by atoms with Gasteiger partial charge in [0.05, 0.1) is 5.71 Å². The van der Waals surface area contributed by atoms with E-state index in [0.717, 1.165) is 11.3 Å². The van der Waals surface area contributed by atoms with Gasteiger partial charge in [-0.1, -0.05) is 35.0 Å². The minimum absolute atomic E-state index is 0.0662. The number of hydrogen-bond acceptors (Lipinski definition) is 6. The molecule has 1 N–H and O–H groups in total. The summed E-state index contributed by atoms with van der Waals surface area (Å²) in [6.45, 7) is 4.81. The molecule has 0 bridgehead atoms. The molecule has 1 fully saturated rings. The molecule has 2 heterocycles. The van der Waals surface area contributed by atoms with Crippen molar-refractivity contribution in [2.45, 2.75) is 32.8 Å². The molecule has 2 aromatic rings. The van der Waals surface area contributed by atoms with Crippen LogP contribution >= 0.6 is 0 Å². The molecule has 27 heavy (non-hydrogen) atoms. The van der Waals surface area contributed by atoms with Crippen LogP contribution in [0.25, 0.3) is 0 Å². The Morgan fingerprint density at radius 3 is 2.33 bits per heavy atom. The Balaban J connectivity index is 1.52. The van der Waals surface area contributed by atoms with Crippen molar-refractivity contribution in [1.82, 2.24) is 15.1 Å². The third kappa shape index (κ3) is 5.16. The van der Waals surface area contributed by atoms with Crippen LogP contribution in [0.15, 0.2) is 41.6 Å². The molecular weight excluding hydrogens is 348 g/mol. The lowest BCUT2D eigenvalue weighted by atomic mass is 10.1. The molecule has 8 nitrogen and oxygen atoms in total. The van der Waals surface area contributed by atoms with Crippen molar-refractivity contribution in [3.05, 3.63) is 47.5 Å². The zero-order valence-electron chi connectivity index (χ0n) is 15.3. The van der Waals surface area contributed by atoms with Crippen LogP contribution in [0.2, 0.25) is 0 Å². The van der Waals surface area contributed by atoms with Gasteiger partial charge in [0.15, 0.2) is 0 Å². The number of oxime groups is 1. The summed E-state index contributed by atoms with van der Waals surface area (Å²) in [7, 11) is 0. The minimum Gasteiger partial charge on any atom is -0.473 e. The minimum atomic E-state index is -0.892. The van der Waals surface area contributed by atoms with Gasteiger partial charge in [-0.15, -0.1) is 10.2 Å². The summed E-state index contributed by atoms with van der Waals surface area (Å²) in [6, 6.07) is 11.3. The predicted molar refractivity (Wildman–Crippen MR) is 99.3 cm³/mol. The molecule has 0 unspecified atom stereocenters. The molecule has 1 saturated heterocycles. The van der Waals surface area contributed by atoms with Crippen molar-refractivity contribution in [1.29, 1.82) is 0 Å². The quantitative estimate of drug-likeness (QED) is 0.642. The molecule has 0 saturated carbocycles. The summed E-state index contributed by atoms with van der Waals surface area (Å²) in [5.74, 6) is 0.657. The monoisotopic (exact) mass is 370 g/mol. The number of nitrogens with zero attached hydrogens (tertiary/aromatic N) is 4. The van der Waals surface area contributed by atoms with Gasteiger partial charge >= 0.3 is 6.09 Å². The SMILES string of the molecule is CC(=NOc1ccc(OC2CCN(C(=O)O)CC2)nn1)c1ccc(C)cc1. The third-order valence-electron chi connectivity index (χ3n) is 4.36. The van der Waals surface area contributed by atoms with Gasteiger partial charge < -0.3 is 19.6 Å². The van der Waals surface area contributed by atoms with Crippen molar-refractivity contribution in [2.24, 2.45) is 5.16 Å². The first-order valence-corrected chi connectivity index (χ1v) is 8.78. The number of likely N-dealkylation sites (tertiary alicyclic amines) is 1. The molecule has 1 amide bonds. The standard InChI is InChI=1S/C19H22N4O4/c1-13-3-5-15(6-4-13)14(2)22-27-18-8-7-17(20-21-18)26-16-9-11-23(12-10-16)19(24)25/h3-8,16H,9-12H2,1-2H3,(H,24,25). The summed E-state index contributed by atoms with van der Waals surface area (Å²) in [6.07, 6.45) is 0.304. The van der Waals surface area contributed by atoms with Gasteiger partial charge in [-0.25, -0.2) is 4.79 Å². The van der Waals surface area contributed by atoms with Gasteiger partial charge in [0, 0.05) is 38.1 Å². The third-order valence-corrected chi connectivity index (χ3v) is 4.36. The second-order valence-corrected chi connectivity index (χ2v) is 6.43. The number of aromatic nitrogens is 2. The number of ether oxygens (including phenoxy) is 1. The van der Waals surface area contributed by atoms with Crippen molar-refractivity contribution >= 4 is 11.8 Å². The molecule has 1 aliphatic rings. The topological polar surface area (TPSA) is 97.1 Å². The van der Waals surface area contributed by atoms with Crippen LogP contribution < -0.4 is 9.57 Å². The lowest BCUT2D eigenvalue weighted by Gasteiger charge is -2.29. The van der Waals surface area contributed by atoms with Crippen LogP contribution in [-0.4, -0.2) is 51.2 Å². The largest absolute Gasteiger partial charge is 0.473 e. The Labute approximate surface area is 157 Å². The van der Waals surface area contributed by atoms with E-state index < -0.39 is 6.09 Å². The summed E-state index contributed by atoms with van der Waals surface area (Å²) in [4.78, 5) is 17.6. The summed E-state index contributed by atoms with van der Waals surface area (Å²) in [5, 5.41) is 21.0. The van der Waals surface area contributed by atoms with Crippen LogP contribution in [0.5, 0.6) is 11.8 Å². The van der Waals surface area contributed by atoms with E-state index in [0.29, 0.717) is 31.8 Å². The van der Waals surface area contributed by atoms with E-state index in [-0.39, 0.29) is 12.0 Å². The van der Waals surface area contributed by atoms with Crippen LogP contribution in [0.3, 0.4) is 0 Å². The molecule has 1 aromatic carbocycles. The zero-order valence-corrected chi connectivity index (χ0v) is 15.3. The number of amides is 1. The van der Waals surface area contributed by atoms with Gasteiger partial charge in [0.1, 0.15) is 6.10 Å². The summed E-state index contributed by atoms with van der Waals surface area (Å²) < 4.78 is 5.76. The first-order valence-electron chi connectivity index (χ1n) is 8.78. The fraction of sp³-hybridized carbons (Fsp3) is 0.368. The number of aryl methyl sites for hydroxylation is 1. The molecule has 0 aliphatic carbocycles. The molecule has 1 aromatic heterocycles. The number of carboxylic acid groups (broad SMARTS) is 1. The number of hydrogen-bond donors (Lipinski definition) is 1. The van der Waals surface area contributed by atoms with Gasteiger partial charge in [-0.3, -0.25) is 0 Å². The van der Waals surface area contributed by atoms with Gasteiger partial charge in [-0.2, -0.15) is 0 Å². The summed E-state index contributed by atoms with van der Waals surface area (Å²) in [5.41, 5.74) is 2.89. The average molecular weight is 370 g/mol. The highest BCUT2D eigenvalue weighted by molar-refractivity contribution is 5.98. The van der Waals surface area contributed by atoms with Crippen LogP contribution in [0.4, 0.5) is 4.79 Å². The lowest BCUT2D eigenvalue weighted by Crippen LogP contribution is -2.41. The van der Waals surface area contributed by atoms with Gasteiger partial charge in [0.25, 0.3) is 5.88 Å². The second-order valence-electron chi connectivity index (χ2n) is 6.43. The van der Waals surface area contributed by atoms with E-state index in [1.807, 2.05) is 38.1 Å². The maximum atomic E-state index is 10.9. The fourth-order valence-corrected chi connectivity index (χ4v) is 2.72. The van der Waals surface area contributed by atoms with E-state index in [1.165, 1.54) is 10.5 Å². The Hall–Kier alpha value is -3.16. The molecular formula is C19H22N4O4. The average Bonchev–Trinajstić information content (AvgIpc) is 2.68.